The van der Waals surface area contributed by atoms with Gasteiger partial charge in [0, 0.05) is 0 Å². The van der Waals surface area contributed by atoms with Gasteiger partial charge in [-0.2, -0.15) is 0 Å². The highest BCUT2D eigenvalue weighted by atomic mass is 14.8. The number of aliphatic imine (C=N–C) groups is 2. The van der Waals surface area contributed by atoms with Crippen molar-refractivity contribution < 1.29 is 0 Å². The maximum absolute atomic E-state index is 3.62. The number of rotatable bonds is 2. The van der Waals surface area contributed by atoms with E-state index in [0.717, 1.165) is 0 Å². The van der Waals surface area contributed by atoms with Crippen LogP contribution >= 0.6 is 0 Å². The third-order valence-corrected chi connectivity index (χ3v) is 0.510. The van der Waals surface area contributed by atoms with Gasteiger partial charge in [-0.25, -0.2) is 4.99 Å². The van der Waals surface area contributed by atoms with Crippen molar-refractivity contribution in [3.8, 4) is 0 Å². The highest BCUT2D eigenvalue weighted by molar-refractivity contribution is 5.62. The van der Waals surface area contributed by atoms with Gasteiger partial charge < -0.3 is 0 Å². The third-order valence-electron chi connectivity index (χ3n) is 0.510. The molecule has 10 heavy (non-hydrogen) atoms. The Labute approximate surface area is 59.6 Å². The van der Waals surface area contributed by atoms with E-state index in [2.05, 4.69) is 46.2 Å². The lowest BCUT2D eigenvalue weighted by Gasteiger charge is -1.63. The van der Waals surface area contributed by atoms with Crippen LogP contribution in [-0.4, -0.2) is 13.1 Å². The fourth-order valence-electron chi connectivity index (χ4n) is 0.230. The van der Waals surface area contributed by atoms with Gasteiger partial charge in [0.05, 0.1) is 6.20 Å². The molecule has 0 aliphatic heterocycles. The molecule has 0 aromatic rings. The van der Waals surface area contributed by atoms with Gasteiger partial charge in [-0.05, 0) is 30.5 Å². The van der Waals surface area contributed by atoms with Gasteiger partial charge in [0.2, 0.25) is 0 Å². The Bertz CT molecular complexity index is 274. The monoisotopic (exact) mass is 130 g/mol. The Balaban J connectivity index is 4.26. The van der Waals surface area contributed by atoms with E-state index in [1.165, 1.54) is 12.5 Å². The van der Waals surface area contributed by atoms with Crippen LogP contribution in [0.2, 0.25) is 0 Å². The second-order valence-corrected chi connectivity index (χ2v) is 1.15. The summed E-state index contributed by atoms with van der Waals surface area (Å²) < 4.78 is 0. The van der Waals surface area contributed by atoms with Crippen LogP contribution in [-0.2, 0) is 0 Å². The topological polar surface area (TPSA) is 24.7 Å². The second kappa shape index (κ2) is 7.20. The molecule has 0 aliphatic rings. The Kier molecular flexibility index (Phi) is 5.90. The van der Waals surface area contributed by atoms with Gasteiger partial charge in [0.25, 0.3) is 0 Å². The maximum atomic E-state index is 3.62. The van der Waals surface area contributed by atoms with E-state index in [9.17, 15) is 0 Å². The first-order chi connectivity index (χ1) is 4.91. The second-order valence-electron chi connectivity index (χ2n) is 1.15. The van der Waals surface area contributed by atoms with Crippen LogP contribution in [0, 0.1) is 0 Å². The Morgan fingerprint density at radius 2 is 2.10 bits per heavy atom. The first kappa shape index (κ1) is 8.20. The standard InChI is InChI=1S/C8H6N2/c1-3-4-5-6-7-10-8-9-2/h7-8H,1-2H2. The van der Waals surface area contributed by atoms with Crippen molar-refractivity contribution in [3.63, 3.8) is 0 Å². The summed E-state index contributed by atoms with van der Waals surface area (Å²) in [6, 6.07) is 0. The summed E-state index contributed by atoms with van der Waals surface area (Å²) in [7, 11) is 0. The van der Waals surface area contributed by atoms with Crippen molar-refractivity contribution >= 4 is 13.1 Å². The van der Waals surface area contributed by atoms with E-state index in [1.807, 2.05) is 0 Å². The highest BCUT2D eigenvalue weighted by Gasteiger charge is 1.52. The van der Waals surface area contributed by atoms with Gasteiger partial charge in [-0.3, -0.25) is 4.99 Å². The van der Waals surface area contributed by atoms with Crippen molar-refractivity contribution in [2.24, 2.45) is 9.98 Å². The predicted molar refractivity (Wildman–Crippen MR) is 42.3 cm³/mol. The van der Waals surface area contributed by atoms with E-state index in [4.69, 9.17) is 0 Å². The summed E-state index contributed by atoms with van der Waals surface area (Å²) in [6.07, 6.45) is 2.69. The molecule has 2 heteroatoms. The van der Waals surface area contributed by atoms with Gasteiger partial charge in [-0.1, -0.05) is 5.73 Å². The molecule has 0 N–H and O–H groups in total. The summed E-state index contributed by atoms with van der Waals surface area (Å²) in [6.45, 7) is 6.46. The van der Waals surface area contributed by atoms with Crippen LogP contribution in [0.15, 0.2) is 45.7 Å². The fraction of sp³-hybridized carbons (Fsp3) is 0. The van der Waals surface area contributed by atoms with Gasteiger partial charge in [-0.15, -0.1) is 0 Å². The maximum Gasteiger partial charge on any atom is 0.115 e. The lowest BCUT2D eigenvalue weighted by atomic mass is 10.7. The number of hydrogen-bond acceptors (Lipinski definition) is 1. The lowest BCUT2D eigenvalue weighted by Crippen LogP contribution is -1.54. The van der Waals surface area contributed by atoms with Crippen LogP contribution in [0.5, 0.6) is 0 Å². The molecule has 0 radical (unpaired) electrons. The molecule has 0 aromatic heterocycles. The minimum absolute atomic E-state index is 1.30. The van der Waals surface area contributed by atoms with E-state index < -0.39 is 0 Å². The molecule has 0 fully saturated rings. The summed E-state index contributed by atoms with van der Waals surface area (Å²) >= 11 is 0. The molecule has 0 bridgehead atoms. The van der Waals surface area contributed by atoms with Crippen LogP contribution in [0.25, 0.3) is 0 Å². The predicted octanol–water partition coefficient (Wildman–Crippen LogP) is 1.48. The summed E-state index contributed by atoms with van der Waals surface area (Å²) in [5.74, 6) is 0. The minimum Gasteiger partial charge on any atom is -0.253 e. The lowest BCUT2D eigenvalue weighted by molar-refractivity contribution is 1.57. The van der Waals surface area contributed by atoms with Crippen molar-refractivity contribution in [1.29, 1.82) is 0 Å². The number of hydrogen-bond donors (Lipinski definition) is 0. The van der Waals surface area contributed by atoms with Crippen LogP contribution in [0.3, 0.4) is 0 Å². The molecule has 0 amide bonds. The Hall–Kier alpha value is -1.80. The van der Waals surface area contributed by atoms with Crippen LogP contribution in [0.1, 0.15) is 0 Å². The zero-order valence-electron chi connectivity index (χ0n) is 5.46. The van der Waals surface area contributed by atoms with Crippen molar-refractivity contribution in [2.45, 2.75) is 0 Å². The van der Waals surface area contributed by atoms with Gasteiger partial charge in [0.15, 0.2) is 0 Å². The molecule has 0 spiro atoms. The van der Waals surface area contributed by atoms with E-state index >= 15 is 0 Å². The van der Waals surface area contributed by atoms with Crippen LogP contribution in [0.4, 0.5) is 0 Å². The molecule has 0 unspecified atom stereocenters. The largest absolute Gasteiger partial charge is 0.253 e. The minimum atomic E-state index is 1.30. The summed E-state index contributed by atoms with van der Waals surface area (Å²) in [5, 5.41) is 0. The molecule has 0 atom stereocenters. The molecular weight excluding hydrogens is 124 g/mol. The van der Waals surface area contributed by atoms with Crippen molar-refractivity contribution in [1.82, 2.24) is 0 Å². The van der Waals surface area contributed by atoms with E-state index in [1.54, 1.807) is 0 Å². The molecule has 0 aromatic carbocycles. The third kappa shape index (κ3) is 6.20. The average molecular weight is 130 g/mol. The average Bonchev–Trinajstić information content (AvgIpc) is 1.97. The quantitative estimate of drug-likeness (QED) is 0.307. The molecule has 2 nitrogen and oxygen atoms in total. The Morgan fingerprint density at radius 3 is 2.70 bits per heavy atom. The Morgan fingerprint density at radius 1 is 1.30 bits per heavy atom. The van der Waals surface area contributed by atoms with E-state index in [-0.39, 0.29) is 0 Å². The smallest absolute Gasteiger partial charge is 0.115 e. The summed E-state index contributed by atoms with van der Waals surface area (Å²) in [4.78, 5) is 6.99. The first-order valence-corrected chi connectivity index (χ1v) is 2.48. The van der Waals surface area contributed by atoms with Gasteiger partial charge >= 0.3 is 0 Å². The highest BCUT2D eigenvalue weighted by Crippen LogP contribution is 1.65. The SMILES string of the molecule is C=C=C=C=C=CN=CN=C. The van der Waals surface area contributed by atoms with Crippen molar-refractivity contribution in [3.05, 3.63) is 35.7 Å². The number of nitrogens with zero attached hydrogens (tertiary/aromatic N) is 2. The van der Waals surface area contributed by atoms with E-state index in [0.29, 0.717) is 0 Å². The fourth-order valence-corrected chi connectivity index (χ4v) is 0.230. The molecule has 48 valence electrons. The molecule has 0 rings (SSSR count). The zero-order chi connectivity index (χ0) is 7.66. The zero-order valence-corrected chi connectivity index (χ0v) is 5.46. The normalized spacial score (nSPS) is 6.80. The molecule has 0 aliphatic carbocycles. The molecular formula is C8H6N2. The molecule has 0 heterocycles. The summed E-state index contributed by atoms with van der Waals surface area (Å²) in [5.41, 5.74) is 9.86. The first-order valence-electron chi connectivity index (χ1n) is 2.48. The molecule has 0 saturated carbocycles. The van der Waals surface area contributed by atoms with Gasteiger partial charge in [0.1, 0.15) is 6.34 Å². The van der Waals surface area contributed by atoms with Crippen LogP contribution < -0.4 is 0 Å². The van der Waals surface area contributed by atoms with Crippen molar-refractivity contribution in [2.75, 3.05) is 0 Å². The molecule has 0 saturated heterocycles.